The summed E-state index contributed by atoms with van der Waals surface area (Å²) in [6.45, 7) is 0. The second-order valence-electron chi connectivity index (χ2n) is 4.34. The van der Waals surface area contributed by atoms with Gasteiger partial charge in [-0.15, -0.1) is 0 Å². The Morgan fingerprint density at radius 2 is 1.83 bits per heavy atom. The van der Waals surface area contributed by atoms with Crippen molar-refractivity contribution in [3.8, 4) is 0 Å². The number of carbonyl (C=O) groups is 2. The van der Waals surface area contributed by atoms with Gasteiger partial charge in [0, 0.05) is 5.56 Å². The van der Waals surface area contributed by atoms with Crippen molar-refractivity contribution in [1.82, 2.24) is 5.43 Å². The number of nitrogens with one attached hydrogen (secondary N) is 1. The van der Waals surface area contributed by atoms with Crippen molar-refractivity contribution in [2.45, 2.75) is 0 Å². The van der Waals surface area contributed by atoms with Crippen LogP contribution in [0.5, 0.6) is 0 Å². The fraction of sp³-hybridized carbons (Fsp3) is 0. The molecule has 0 unspecified atom stereocenters. The van der Waals surface area contributed by atoms with Gasteiger partial charge < -0.3 is 5.11 Å². The minimum atomic E-state index is -1.32. The maximum absolute atomic E-state index is 13.6. The Morgan fingerprint density at radius 1 is 1.09 bits per heavy atom. The van der Waals surface area contributed by atoms with E-state index < -0.39 is 34.9 Å². The summed E-state index contributed by atoms with van der Waals surface area (Å²) in [5.41, 5.74) is 1.04. The molecule has 0 heterocycles. The summed E-state index contributed by atoms with van der Waals surface area (Å²) in [7, 11) is 0. The molecule has 8 heteroatoms. The predicted molar refractivity (Wildman–Crippen MR) is 74.8 cm³/mol. The Hall–Kier alpha value is -3.16. The SMILES string of the molecule is O=C(O)c1ccc(/C=N/NC(=O)c2cccc(F)c2F)c(F)c1. The van der Waals surface area contributed by atoms with Crippen LogP contribution in [0.15, 0.2) is 41.5 Å². The average molecular weight is 322 g/mol. The monoisotopic (exact) mass is 322 g/mol. The Morgan fingerprint density at radius 3 is 2.48 bits per heavy atom. The first-order valence-corrected chi connectivity index (χ1v) is 6.20. The number of amides is 1. The van der Waals surface area contributed by atoms with Crippen LogP contribution in [0, 0.1) is 17.5 Å². The maximum Gasteiger partial charge on any atom is 0.335 e. The van der Waals surface area contributed by atoms with Crippen LogP contribution in [0.4, 0.5) is 13.2 Å². The molecule has 2 N–H and O–H groups in total. The largest absolute Gasteiger partial charge is 0.478 e. The van der Waals surface area contributed by atoms with Crippen LogP contribution in [0.2, 0.25) is 0 Å². The molecule has 23 heavy (non-hydrogen) atoms. The van der Waals surface area contributed by atoms with Gasteiger partial charge in [0.1, 0.15) is 5.82 Å². The normalized spacial score (nSPS) is 10.7. The number of rotatable bonds is 4. The molecule has 0 saturated heterocycles. The molecule has 118 valence electrons. The molecule has 0 bridgehead atoms. The molecule has 1 amide bonds. The van der Waals surface area contributed by atoms with E-state index in [9.17, 15) is 22.8 Å². The lowest BCUT2D eigenvalue weighted by Crippen LogP contribution is -2.19. The zero-order chi connectivity index (χ0) is 17.0. The fourth-order valence-corrected chi connectivity index (χ4v) is 1.66. The molecule has 0 radical (unpaired) electrons. The van der Waals surface area contributed by atoms with E-state index in [0.717, 1.165) is 42.6 Å². The highest BCUT2D eigenvalue weighted by Gasteiger charge is 2.14. The van der Waals surface area contributed by atoms with Crippen molar-refractivity contribution in [3.05, 3.63) is 70.5 Å². The number of carboxylic acid groups (broad SMARTS) is 1. The van der Waals surface area contributed by atoms with Gasteiger partial charge in [0.05, 0.1) is 17.3 Å². The highest BCUT2D eigenvalue weighted by molar-refractivity contribution is 5.95. The van der Waals surface area contributed by atoms with Gasteiger partial charge in [0.15, 0.2) is 11.6 Å². The molecular formula is C15H9F3N2O3. The van der Waals surface area contributed by atoms with E-state index in [-0.39, 0.29) is 11.1 Å². The molecule has 0 aliphatic heterocycles. The third-order valence-corrected chi connectivity index (χ3v) is 2.81. The molecule has 0 spiro atoms. The van der Waals surface area contributed by atoms with E-state index >= 15 is 0 Å². The number of carbonyl (C=O) groups excluding carboxylic acids is 1. The van der Waals surface area contributed by atoms with Gasteiger partial charge in [-0.25, -0.2) is 23.4 Å². The summed E-state index contributed by atoms with van der Waals surface area (Å²) < 4.78 is 40.0. The van der Waals surface area contributed by atoms with E-state index in [1.165, 1.54) is 0 Å². The summed E-state index contributed by atoms with van der Waals surface area (Å²) in [5.74, 6) is -5.67. The second kappa shape index (κ2) is 6.73. The van der Waals surface area contributed by atoms with Crippen LogP contribution >= 0.6 is 0 Å². The summed E-state index contributed by atoms with van der Waals surface area (Å²) >= 11 is 0. The number of halogens is 3. The topological polar surface area (TPSA) is 78.8 Å². The minimum absolute atomic E-state index is 0.0879. The standard InChI is InChI=1S/C15H9F3N2O3/c16-11-3-1-2-10(13(11)18)14(21)20-19-7-9-5-4-8(15(22)23)6-12(9)17/h1-7H,(H,20,21)(H,22,23)/b19-7+. The van der Waals surface area contributed by atoms with Crippen LogP contribution in [0.1, 0.15) is 26.3 Å². The van der Waals surface area contributed by atoms with E-state index in [2.05, 4.69) is 5.10 Å². The van der Waals surface area contributed by atoms with Crippen molar-refractivity contribution in [3.63, 3.8) is 0 Å². The smallest absolute Gasteiger partial charge is 0.335 e. The molecule has 0 aliphatic rings. The minimum Gasteiger partial charge on any atom is -0.478 e. The summed E-state index contributed by atoms with van der Waals surface area (Å²) in [4.78, 5) is 22.3. The van der Waals surface area contributed by atoms with Gasteiger partial charge in [-0.1, -0.05) is 6.07 Å². The van der Waals surface area contributed by atoms with Crippen molar-refractivity contribution in [2.75, 3.05) is 0 Å². The first kappa shape index (κ1) is 16.2. The number of benzene rings is 2. The van der Waals surface area contributed by atoms with Crippen LogP contribution in [0.3, 0.4) is 0 Å². The average Bonchev–Trinajstić information content (AvgIpc) is 2.51. The van der Waals surface area contributed by atoms with Crippen molar-refractivity contribution in [1.29, 1.82) is 0 Å². The lowest BCUT2D eigenvalue weighted by molar-refractivity contribution is 0.0696. The van der Waals surface area contributed by atoms with E-state index in [1.807, 2.05) is 5.43 Å². The zero-order valence-corrected chi connectivity index (χ0v) is 11.4. The van der Waals surface area contributed by atoms with Gasteiger partial charge in [0.25, 0.3) is 5.91 Å². The lowest BCUT2D eigenvalue weighted by atomic mass is 10.1. The predicted octanol–water partition coefficient (Wildman–Crippen LogP) is 2.57. The first-order chi connectivity index (χ1) is 10.9. The molecule has 5 nitrogen and oxygen atoms in total. The Balaban J connectivity index is 2.11. The highest BCUT2D eigenvalue weighted by atomic mass is 19.2. The van der Waals surface area contributed by atoms with Crippen LogP contribution in [-0.4, -0.2) is 23.2 Å². The maximum atomic E-state index is 13.6. The zero-order valence-electron chi connectivity index (χ0n) is 11.4. The number of hydrazone groups is 1. The quantitative estimate of drug-likeness (QED) is 0.671. The summed E-state index contributed by atoms with van der Waals surface area (Å²) in [6.07, 6.45) is 0.913. The molecule has 0 atom stereocenters. The van der Waals surface area contributed by atoms with Crippen LogP contribution in [0.25, 0.3) is 0 Å². The number of carboxylic acids is 1. The fourth-order valence-electron chi connectivity index (χ4n) is 1.66. The van der Waals surface area contributed by atoms with Gasteiger partial charge in [-0.05, 0) is 30.3 Å². The molecule has 2 rings (SSSR count). The molecular weight excluding hydrogens is 313 g/mol. The van der Waals surface area contributed by atoms with E-state index in [0.29, 0.717) is 0 Å². The molecule has 2 aromatic carbocycles. The number of nitrogens with zero attached hydrogens (tertiary/aromatic N) is 1. The van der Waals surface area contributed by atoms with Crippen LogP contribution in [-0.2, 0) is 0 Å². The van der Waals surface area contributed by atoms with Gasteiger partial charge in [0.2, 0.25) is 0 Å². The molecule has 2 aromatic rings. The van der Waals surface area contributed by atoms with E-state index in [4.69, 9.17) is 5.11 Å². The lowest BCUT2D eigenvalue weighted by Gasteiger charge is -2.02. The number of hydrogen-bond acceptors (Lipinski definition) is 3. The van der Waals surface area contributed by atoms with Crippen LogP contribution < -0.4 is 5.43 Å². The molecule has 0 aliphatic carbocycles. The third-order valence-electron chi connectivity index (χ3n) is 2.81. The van der Waals surface area contributed by atoms with Crippen molar-refractivity contribution >= 4 is 18.1 Å². The highest BCUT2D eigenvalue weighted by Crippen LogP contribution is 2.11. The Labute approximate surface area is 128 Å². The van der Waals surface area contributed by atoms with Crippen molar-refractivity contribution < 1.29 is 27.9 Å². The second-order valence-corrected chi connectivity index (χ2v) is 4.34. The Kier molecular flexibility index (Phi) is 4.75. The summed E-state index contributed by atoms with van der Waals surface area (Å²) in [6, 6.07) is 6.16. The summed E-state index contributed by atoms with van der Waals surface area (Å²) in [5, 5.41) is 12.1. The number of hydrogen-bond donors (Lipinski definition) is 2. The van der Waals surface area contributed by atoms with Crippen molar-refractivity contribution in [2.24, 2.45) is 5.10 Å². The van der Waals surface area contributed by atoms with Gasteiger partial charge >= 0.3 is 5.97 Å². The molecule has 0 fully saturated rings. The molecule has 0 aromatic heterocycles. The van der Waals surface area contributed by atoms with Gasteiger partial charge in [-0.3, -0.25) is 4.79 Å². The third kappa shape index (κ3) is 3.73. The first-order valence-electron chi connectivity index (χ1n) is 6.20. The number of aromatic carboxylic acids is 1. The van der Waals surface area contributed by atoms with E-state index in [1.54, 1.807) is 0 Å². The molecule has 0 saturated carbocycles. The van der Waals surface area contributed by atoms with Gasteiger partial charge in [-0.2, -0.15) is 5.10 Å². The Bertz CT molecular complexity index is 807.